The molecule has 0 atom stereocenters. The standard InChI is InChI=1S/C25H27BrClFN6O2/c1-29-24(35)19-12-17(26)13-21(28)22(19)32-23-20(27)14-30-25(33-23)31-18-4-3-15-5-7-34(9-10-36-2)8-6-16(15)11-18/h3-4,11-14H,5-10H2,1-2H3,(H,29,35)(H2,30,31,32,33). The lowest BCUT2D eigenvalue weighted by atomic mass is 10.0. The monoisotopic (exact) mass is 576 g/mol. The summed E-state index contributed by atoms with van der Waals surface area (Å²) in [4.78, 5) is 23.4. The highest BCUT2D eigenvalue weighted by Gasteiger charge is 2.19. The SMILES string of the molecule is CNC(=O)c1cc(Br)cc(F)c1Nc1nc(Nc2ccc3c(c2)CCN(CCOC)CC3)ncc1Cl. The fourth-order valence-corrected chi connectivity index (χ4v) is 4.64. The summed E-state index contributed by atoms with van der Waals surface area (Å²) in [6.45, 7) is 3.62. The molecule has 0 aliphatic carbocycles. The zero-order valence-electron chi connectivity index (χ0n) is 20.0. The van der Waals surface area contributed by atoms with Gasteiger partial charge in [0.05, 0.1) is 24.1 Å². The number of aromatic nitrogens is 2. The molecule has 0 saturated heterocycles. The van der Waals surface area contributed by atoms with Crippen LogP contribution < -0.4 is 16.0 Å². The van der Waals surface area contributed by atoms with Gasteiger partial charge in [-0.3, -0.25) is 4.79 Å². The molecule has 190 valence electrons. The van der Waals surface area contributed by atoms with Crippen LogP contribution in [-0.2, 0) is 17.6 Å². The lowest BCUT2D eigenvalue weighted by molar-refractivity contribution is 0.0963. The number of ether oxygens (including phenoxy) is 1. The minimum absolute atomic E-state index is 0.0350. The van der Waals surface area contributed by atoms with Crippen LogP contribution in [0.2, 0.25) is 5.02 Å². The molecule has 11 heteroatoms. The van der Waals surface area contributed by atoms with Gasteiger partial charge in [0.1, 0.15) is 10.8 Å². The van der Waals surface area contributed by atoms with Crippen LogP contribution in [0.5, 0.6) is 0 Å². The third-order valence-corrected chi connectivity index (χ3v) is 6.72. The van der Waals surface area contributed by atoms with Gasteiger partial charge >= 0.3 is 0 Å². The number of hydrogen-bond donors (Lipinski definition) is 3. The van der Waals surface area contributed by atoms with Gasteiger partial charge in [-0.1, -0.05) is 33.6 Å². The molecule has 0 unspecified atom stereocenters. The molecule has 1 aromatic heterocycles. The third kappa shape index (κ3) is 6.31. The van der Waals surface area contributed by atoms with E-state index < -0.39 is 11.7 Å². The molecule has 36 heavy (non-hydrogen) atoms. The van der Waals surface area contributed by atoms with Crippen molar-refractivity contribution in [2.75, 3.05) is 51.0 Å². The maximum absolute atomic E-state index is 14.8. The molecule has 1 aliphatic rings. The first kappa shape index (κ1) is 26.3. The maximum Gasteiger partial charge on any atom is 0.253 e. The summed E-state index contributed by atoms with van der Waals surface area (Å²) in [7, 11) is 3.20. The van der Waals surface area contributed by atoms with E-state index in [1.165, 1.54) is 36.5 Å². The normalized spacial score (nSPS) is 13.6. The maximum atomic E-state index is 14.8. The number of nitrogens with zero attached hydrogens (tertiary/aromatic N) is 3. The Morgan fingerprint density at radius 3 is 2.72 bits per heavy atom. The lowest BCUT2D eigenvalue weighted by Crippen LogP contribution is -2.29. The number of nitrogens with one attached hydrogen (secondary N) is 3. The predicted octanol–water partition coefficient (Wildman–Crippen LogP) is 4.93. The third-order valence-electron chi connectivity index (χ3n) is 5.98. The van der Waals surface area contributed by atoms with E-state index in [1.807, 2.05) is 6.07 Å². The second-order valence-corrected chi connectivity index (χ2v) is 9.67. The Morgan fingerprint density at radius 2 is 1.97 bits per heavy atom. The number of anilines is 4. The Hall–Kier alpha value is -2.79. The fourth-order valence-electron chi connectivity index (χ4n) is 4.07. The second kappa shape index (κ2) is 12.0. The van der Waals surface area contributed by atoms with Gasteiger partial charge in [-0.2, -0.15) is 4.98 Å². The van der Waals surface area contributed by atoms with Gasteiger partial charge in [-0.05, 0) is 48.2 Å². The number of halogens is 3. The van der Waals surface area contributed by atoms with E-state index in [2.05, 4.69) is 58.9 Å². The van der Waals surface area contributed by atoms with Gasteiger partial charge in [0.2, 0.25) is 5.95 Å². The van der Waals surface area contributed by atoms with Crippen molar-refractivity contribution in [2.24, 2.45) is 0 Å². The van der Waals surface area contributed by atoms with E-state index in [0.717, 1.165) is 44.8 Å². The summed E-state index contributed by atoms with van der Waals surface area (Å²) in [5.41, 5.74) is 3.52. The Balaban J connectivity index is 1.54. The molecule has 2 aromatic carbocycles. The highest BCUT2D eigenvalue weighted by molar-refractivity contribution is 9.10. The van der Waals surface area contributed by atoms with E-state index in [-0.39, 0.29) is 28.0 Å². The smallest absolute Gasteiger partial charge is 0.253 e. The summed E-state index contributed by atoms with van der Waals surface area (Å²) in [6, 6.07) is 9.00. The molecular formula is C25H27BrClFN6O2. The highest BCUT2D eigenvalue weighted by atomic mass is 79.9. The average Bonchev–Trinajstić information content (AvgIpc) is 3.07. The average molecular weight is 578 g/mol. The molecular weight excluding hydrogens is 551 g/mol. The first-order valence-electron chi connectivity index (χ1n) is 11.5. The zero-order valence-corrected chi connectivity index (χ0v) is 22.3. The van der Waals surface area contributed by atoms with Crippen molar-refractivity contribution in [1.29, 1.82) is 0 Å². The van der Waals surface area contributed by atoms with Crippen LogP contribution in [0, 0.1) is 5.82 Å². The van der Waals surface area contributed by atoms with E-state index in [1.54, 1.807) is 7.11 Å². The van der Waals surface area contributed by atoms with Gasteiger partial charge in [0.15, 0.2) is 5.82 Å². The molecule has 1 amide bonds. The largest absolute Gasteiger partial charge is 0.383 e. The van der Waals surface area contributed by atoms with Crippen molar-refractivity contribution in [3.63, 3.8) is 0 Å². The molecule has 2 heterocycles. The number of hydrogen-bond acceptors (Lipinski definition) is 7. The number of carbonyl (C=O) groups is 1. The second-order valence-electron chi connectivity index (χ2n) is 8.35. The molecule has 4 rings (SSSR count). The molecule has 0 fully saturated rings. The lowest BCUT2D eigenvalue weighted by Gasteiger charge is -2.18. The quantitative estimate of drug-likeness (QED) is 0.350. The van der Waals surface area contributed by atoms with Gasteiger partial charge < -0.3 is 25.6 Å². The fraction of sp³-hybridized carbons (Fsp3) is 0.320. The van der Waals surface area contributed by atoms with Crippen LogP contribution in [0.15, 0.2) is 41.0 Å². The van der Waals surface area contributed by atoms with Crippen molar-refractivity contribution >= 4 is 56.6 Å². The number of rotatable bonds is 8. The van der Waals surface area contributed by atoms with Crippen LogP contribution in [0.1, 0.15) is 21.5 Å². The molecule has 0 spiro atoms. The van der Waals surface area contributed by atoms with Crippen molar-refractivity contribution in [1.82, 2.24) is 20.2 Å². The van der Waals surface area contributed by atoms with E-state index in [4.69, 9.17) is 16.3 Å². The predicted molar refractivity (Wildman–Crippen MR) is 143 cm³/mol. The van der Waals surface area contributed by atoms with E-state index >= 15 is 0 Å². The van der Waals surface area contributed by atoms with Crippen molar-refractivity contribution in [2.45, 2.75) is 12.8 Å². The topological polar surface area (TPSA) is 91.4 Å². The number of carbonyl (C=O) groups excluding carboxylic acids is 1. The summed E-state index contributed by atoms with van der Waals surface area (Å²) < 4.78 is 20.4. The van der Waals surface area contributed by atoms with Crippen molar-refractivity contribution in [3.8, 4) is 0 Å². The van der Waals surface area contributed by atoms with Crippen LogP contribution in [0.3, 0.4) is 0 Å². The van der Waals surface area contributed by atoms with Crippen LogP contribution >= 0.6 is 27.5 Å². The van der Waals surface area contributed by atoms with Gasteiger partial charge in [0.25, 0.3) is 5.91 Å². The van der Waals surface area contributed by atoms with Gasteiger partial charge in [-0.15, -0.1) is 0 Å². The summed E-state index contributed by atoms with van der Waals surface area (Å²) >= 11 is 9.52. The summed E-state index contributed by atoms with van der Waals surface area (Å²) in [6.07, 6.45) is 3.35. The number of amides is 1. The van der Waals surface area contributed by atoms with Gasteiger partial charge in [-0.25, -0.2) is 9.37 Å². The minimum atomic E-state index is -0.627. The molecule has 0 saturated carbocycles. The molecule has 1 aliphatic heterocycles. The van der Waals surface area contributed by atoms with E-state index in [9.17, 15) is 9.18 Å². The Kier molecular flexibility index (Phi) is 8.73. The number of methoxy groups -OCH3 is 1. The first-order valence-corrected chi connectivity index (χ1v) is 12.7. The minimum Gasteiger partial charge on any atom is -0.383 e. The van der Waals surface area contributed by atoms with Crippen LogP contribution in [0.4, 0.5) is 27.5 Å². The molecule has 8 nitrogen and oxygen atoms in total. The zero-order chi connectivity index (χ0) is 25.7. The molecule has 3 aromatic rings. The summed E-state index contributed by atoms with van der Waals surface area (Å²) in [5, 5.41) is 8.77. The Bertz CT molecular complexity index is 1260. The Labute approximate surface area is 222 Å². The highest BCUT2D eigenvalue weighted by Crippen LogP contribution is 2.31. The van der Waals surface area contributed by atoms with Crippen molar-refractivity contribution in [3.05, 3.63) is 68.5 Å². The Morgan fingerprint density at radius 1 is 1.19 bits per heavy atom. The summed E-state index contributed by atoms with van der Waals surface area (Å²) in [5.74, 6) is -0.621. The first-order chi connectivity index (χ1) is 17.4. The van der Waals surface area contributed by atoms with Gasteiger partial charge in [0, 0.05) is 44.0 Å². The molecule has 0 radical (unpaired) electrons. The molecule has 0 bridgehead atoms. The van der Waals surface area contributed by atoms with Crippen LogP contribution in [0.25, 0.3) is 0 Å². The van der Waals surface area contributed by atoms with Crippen LogP contribution in [-0.4, -0.2) is 61.2 Å². The number of benzene rings is 2. The van der Waals surface area contributed by atoms with E-state index in [0.29, 0.717) is 4.47 Å². The number of fused-ring (bicyclic) bond motifs is 1. The van der Waals surface area contributed by atoms with Crippen molar-refractivity contribution < 1.29 is 13.9 Å². The molecule has 3 N–H and O–H groups in total.